The summed E-state index contributed by atoms with van der Waals surface area (Å²) in [6.07, 6.45) is 1.52. The lowest BCUT2D eigenvalue weighted by Crippen LogP contribution is -2.34. The molecular formula is C21H23N3O6S. The van der Waals surface area contributed by atoms with E-state index in [2.05, 4.69) is 10.3 Å². The van der Waals surface area contributed by atoms with Crippen LogP contribution in [0.25, 0.3) is 0 Å². The van der Waals surface area contributed by atoms with Gasteiger partial charge in [-0.05, 0) is 38.1 Å². The highest BCUT2D eigenvalue weighted by atomic mass is 32.2. The van der Waals surface area contributed by atoms with Gasteiger partial charge in [0.2, 0.25) is 12.7 Å². The maximum absolute atomic E-state index is 12.4. The van der Waals surface area contributed by atoms with Crippen molar-refractivity contribution in [3.8, 4) is 11.5 Å². The van der Waals surface area contributed by atoms with Gasteiger partial charge >= 0.3 is 5.97 Å². The van der Waals surface area contributed by atoms with Gasteiger partial charge in [0.1, 0.15) is 5.03 Å². The monoisotopic (exact) mass is 445 g/mol. The summed E-state index contributed by atoms with van der Waals surface area (Å²) in [5, 5.41) is 3.12. The number of carbonyl (C=O) groups is 3. The maximum Gasteiger partial charge on any atom is 0.341 e. The lowest BCUT2D eigenvalue weighted by Gasteiger charge is -2.18. The first kappa shape index (κ1) is 22.4. The van der Waals surface area contributed by atoms with Crippen LogP contribution < -0.4 is 14.8 Å². The van der Waals surface area contributed by atoms with Crippen LogP contribution in [0.3, 0.4) is 0 Å². The Morgan fingerprint density at radius 3 is 2.71 bits per heavy atom. The molecule has 1 aliphatic rings. The highest BCUT2D eigenvalue weighted by molar-refractivity contribution is 8.00. The van der Waals surface area contributed by atoms with Crippen molar-refractivity contribution in [3.63, 3.8) is 0 Å². The molecule has 2 heterocycles. The van der Waals surface area contributed by atoms with Crippen LogP contribution in [0.2, 0.25) is 0 Å². The zero-order valence-corrected chi connectivity index (χ0v) is 18.1. The molecule has 0 spiro atoms. The van der Waals surface area contributed by atoms with Crippen LogP contribution >= 0.6 is 11.8 Å². The van der Waals surface area contributed by atoms with Gasteiger partial charge in [0.15, 0.2) is 18.1 Å². The van der Waals surface area contributed by atoms with Crippen molar-refractivity contribution in [3.05, 3.63) is 42.1 Å². The van der Waals surface area contributed by atoms with Gasteiger partial charge in [-0.25, -0.2) is 9.78 Å². The first-order chi connectivity index (χ1) is 15.0. The van der Waals surface area contributed by atoms with Gasteiger partial charge in [0.05, 0.1) is 11.3 Å². The van der Waals surface area contributed by atoms with Crippen molar-refractivity contribution in [2.75, 3.05) is 37.6 Å². The Bertz CT molecular complexity index is 964. The van der Waals surface area contributed by atoms with Gasteiger partial charge in [-0.1, -0.05) is 11.8 Å². The molecule has 0 bridgehead atoms. The topological polar surface area (TPSA) is 107 Å². The van der Waals surface area contributed by atoms with Crippen LogP contribution in [-0.2, 0) is 14.3 Å². The molecule has 1 aromatic heterocycles. The van der Waals surface area contributed by atoms with Gasteiger partial charge < -0.3 is 24.4 Å². The Balaban J connectivity index is 1.55. The number of nitrogens with one attached hydrogen (secondary N) is 1. The second kappa shape index (κ2) is 10.7. The third kappa shape index (κ3) is 5.88. The van der Waals surface area contributed by atoms with E-state index in [0.717, 1.165) is 11.8 Å². The number of anilines is 1. The molecule has 1 aromatic carbocycles. The third-order valence-corrected chi connectivity index (χ3v) is 5.44. The molecule has 3 rings (SSSR count). The number of carbonyl (C=O) groups excluding carboxylic acids is 3. The molecule has 0 atom stereocenters. The van der Waals surface area contributed by atoms with Crippen molar-refractivity contribution in [2.45, 2.75) is 18.9 Å². The predicted octanol–water partition coefficient (Wildman–Crippen LogP) is 2.57. The summed E-state index contributed by atoms with van der Waals surface area (Å²) in [6, 6.07) is 8.26. The molecule has 2 aromatic rings. The summed E-state index contributed by atoms with van der Waals surface area (Å²) in [4.78, 5) is 42.6. The fraction of sp³-hybridized carbons (Fsp3) is 0.333. The fourth-order valence-electron chi connectivity index (χ4n) is 2.84. The fourth-order valence-corrected chi connectivity index (χ4v) is 3.62. The number of fused-ring (bicyclic) bond motifs is 1. The molecule has 31 heavy (non-hydrogen) atoms. The number of aromatic nitrogens is 1. The number of nitrogens with zero attached hydrogens (tertiary/aromatic N) is 2. The molecule has 1 aliphatic heterocycles. The van der Waals surface area contributed by atoms with Crippen LogP contribution in [0.5, 0.6) is 11.5 Å². The van der Waals surface area contributed by atoms with Crippen molar-refractivity contribution in [2.24, 2.45) is 0 Å². The van der Waals surface area contributed by atoms with E-state index in [-0.39, 0.29) is 36.5 Å². The van der Waals surface area contributed by atoms with Crippen LogP contribution in [0.4, 0.5) is 5.69 Å². The highest BCUT2D eigenvalue weighted by Crippen LogP contribution is 2.34. The SMILES string of the molecule is CCN(CC)C(=O)COC(=O)c1cccnc1SCC(=O)Nc1ccc2c(c1)OCO2. The standard InChI is InChI=1S/C21H23N3O6S/c1-3-24(4-2)19(26)11-28-21(27)15-6-5-9-22-20(15)31-12-18(25)23-14-7-8-16-17(10-14)30-13-29-16/h5-10H,3-4,11-13H2,1-2H3,(H,23,25). The Kier molecular flexibility index (Phi) is 7.71. The average Bonchev–Trinajstić information content (AvgIpc) is 3.25. The van der Waals surface area contributed by atoms with Gasteiger partial charge in [0, 0.05) is 31.0 Å². The molecule has 9 nitrogen and oxygen atoms in total. The molecule has 0 radical (unpaired) electrons. The average molecular weight is 445 g/mol. The molecule has 1 N–H and O–H groups in total. The number of ether oxygens (including phenoxy) is 3. The minimum Gasteiger partial charge on any atom is -0.454 e. The Labute approximate surface area is 184 Å². The van der Waals surface area contributed by atoms with Gasteiger partial charge in [-0.15, -0.1) is 0 Å². The summed E-state index contributed by atoms with van der Waals surface area (Å²) < 4.78 is 15.7. The lowest BCUT2D eigenvalue weighted by molar-refractivity contribution is -0.134. The van der Waals surface area contributed by atoms with E-state index in [1.54, 1.807) is 35.2 Å². The highest BCUT2D eigenvalue weighted by Gasteiger charge is 2.19. The van der Waals surface area contributed by atoms with Gasteiger partial charge in [0.25, 0.3) is 5.91 Å². The van der Waals surface area contributed by atoms with Crippen LogP contribution in [-0.4, -0.2) is 59.9 Å². The number of esters is 1. The molecule has 0 unspecified atom stereocenters. The van der Waals surface area contributed by atoms with E-state index in [9.17, 15) is 14.4 Å². The van der Waals surface area contributed by atoms with Crippen molar-refractivity contribution < 1.29 is 28.6 Å². The van der Waals surface area contributed by atoms with E-state index >= 15 is 0 Å². The molecule has 10 heteroatoms. The molecule has 2 amide bonds. The number of likely N-dealkylation sites (N-methyl/N-ethyl adjacent to an activating group) is 1. The van der Waals surface area contributed by atoms with Gasteiger partial charge in [-0.3, -0.25) is 9.59 Å². The zero-order valence-electron chi connectivity index (χ0n) is 17.3. The van der Waals surface area contributed by atoms with E-state index in [1.807, 2.05) is 13.8 Å². The van der Waals surface area contributed by atoms with Crippen molar-refractivity contribution in [1.82, 2.24) is 9.88 Å². The number of pyridine rings is 1. The minimum atomic E-state index is -0.660. The van der Waals surface area contributed by atoms with Gasteiger partial charge in [-0.2, -0.15) is 0 Å². The number of rotatable bonds is 9. The van der Waals surface area contributed by atoms with E-state index < -0.39 is 5.97 Å². The quantitative estimate of drug-likeness (QED) is 0.464. The summed E-state index contributed by atoms with van der Waals surface area (Å²) in [5.74, 6) is 0.0322. The predicted molar refractivity (Wildman–Crippen MR) is 114 cm³/mol. The Morgan fingerprint density at radius 1 is 1.16 bits per heavy atom. The van der Waals surface area contributed by atoms with E-state index in [1.165, 1.54) is 6.20 Å². The second-order valence-corrected chi connectivity index (χ2v) is 7.37. The summed E-state index contributed by atoms with van der Waals surface area (Å²) in [6.45, 7) is 4.60. The van der Waals surface area contributed by atoms with Crippen LogP contribution in [0, 0.1) is 0 Å². The maximum atomic E-state index is 12.4. The molecule has 164 valence electrons. The summed E-state index contributed by atoms with van der Waals surface area (Å²) in [7, 11) is 0. The molecular weight excluding hydrogens is 422 g/mol. The number of benzene rings is 1. The van der Waals surface area contributed by atoms with E-state index in [0.29, 0.717) is 35.3 Å². The normalized spacial score (nSPS) is 11.7. The Morgan fingerprint density at radius 2 is 1.94 bits per heavy atom. The number of hydrogen-bond acceptors (Lipinski definition) is 8. The molecule has 0 aliphatic carbocycles. The summed E-state index contributed by atoms with van der Waals surface area (Å²) in [5.41, 5.74) is 0.779. The van der Waals surface area contributed by atoms with Crippen LogP contribution in [0.1, 0.15) is 24.2 Å². The first-order valence-electron chi connectivity index (χ1n) is 9.74. The lowest BCUT2D eigenvalue weighted by atomic mass is 10.3. The number of thioether (sulfide) groups is 1. The van der Waals surface area contributed by atoms with Crippen molar-refractivity contribution >= 4 is 35.2 Å². The number of hydrogen-bond donors (Lipinski definition) is 1. The molecule has 0 saturated heterocycles. The van der Waals surface area contributed by atoms with Crippen molar-refractivity contribution in [1.29, 1.82) is 0 Å². The smallest absolute Gasteiger partial charge is 0.341 e. The third-order valence-electron chi connectivity index (χ3n) is 4.43. The first-order valence-corrected chi connectivity index (χ1v) is 10.7. The zero-order chi connectivity index (χ0) is 22.2. The minimum absolute atomic E-state index is 0.0319. The molecule has 0 fully saturated rings. The second-order valence-electron chi connectivity index (χ2n) is 6.40. The molecule has 0 saturated carbocycles. The largest absolute Gasteiger partial charge is 0.454 e. The van der Waals surface area contributed by atoms with Crippen LogP contribution in [0.15, 0.2) is 41.6 Å². The summed E-state index contributed by atoms with van der Waals surface area (Å²) >= 11 is 1.10. The van der Waals surface area contributed by atoms with E-state index in [4.69, 9.17) is 14.2 Å². The number of amides is 2. The Hall–Kier alpha value is -3.27.